The zero-order chi connectivity index (χ0) is 14.8. The SMILES string of the molecule is O=C(O)CCC1CCN(c2nccc3ccc(O)cc23)C1. The van der Waals surface area contributed by atoms with Crippen molar-refractivity contribution < 1.29 is 15.0 Å². The number of aliphatic carboxylic acids is 1. The molecule has 1 aliphatic rings. The minimum Gasteiger partial charge on any atom is -0.508 e. The van der Waals surface area contributed by atoms with Crippen LogP contribution in [-0.4, -0.2) is 34.3 Å². The van der Waals surface area contributed by atoms with Gasteiger partial charge in [0.2, 0.25) is 0 Å². The van der Waals surface area contributed by atoms with Crippen LogP contribution in [0.25, 0.3) is 10.8 Å². The van der Waals surface area contributed by atoms with Gasteiger partial charge in [-0.05, 0) is 42.3 Å². The van der Waals surface area contributed by atoms with E-state index in [4.69, 9.17) is 5.11 Å². The third-order valence-corrected chi connectivity index (χ3v) is 4.08. The molecule has 1 aromatic carbocycles. The highest BCUT2D eigenvalue weighted by Crippen LogP contribution is 2.32. The van der Waals surface area contributed by atoms with Gasteiger partial charge in [0.05, 0.1) is 0 Å². The van der Waals surface area contributed by atoms with Gasteiger partial charge in [0.15, 0.2) is 0 Å². The lowest BCUT2D eigenvalue weighted by molar-refractivity contribution is -0.137. The van der Waals surface area contributed by atoms with Crippen molar-refractivity contribution in [2.45, 2.75) is 19.3 Å². The third-order valence-electron chi connectivity index (χ3n) is 4.08. The summed E-state index contributed by atoms with van der Waals surface area (Å²) in [6, 6.07) is 7.22. The number of carboxylic acids is 1. The smallest absolute Gasteiger partial charge is 0.303 e. The number of aromatic hydroxyl groups is 1. The lowest BCUT2D eigenvalue weighted by Gasteiger charge is -2.19. The van der Waals surface area contributed by atoms with Gasteiger partial charge in [-0.2, -0.15) is 0 Å². The van der Waals surface area contributed by atoms with Crippen molar-refractivity contribution in [2.24, 2.45) is 5.92 Å². The van der Waals surface area contributed by atoms with Crippen LogP contribution in [0.4, 0.5) is 5.82 Å². The molecule has 0 aliphatic carbocycles. The van der Waals surface area contributed by atoms with E-state index in [1.54, 1.807) is 18.3 Å². The Kier molecular flexibility index (Phi) is 3.64. The number of carbonyl (C=O) groups is 1. The molecule has 0 bridgehead atoms. The topological polar surface area (TPSA) is 73.7 Å². The van der Waals surface area contributed by atoms with E-state index in [1.807, 2.05) is 12.1 Å². The maximum Gasteiger partial charge on any atom is 0.303 e. The summed E-state index contributed by atoms with van der Waals surface area (Å²) in [5.41, 5.74) is 0. The van der Waals surface area contributed by atoms with Crippen LogP contribution in [0.5, 0.6) is 5.75 Å². The van der Waals surface area contributed by atoms with Crippen molar-refractivity contribution in [3.05, 3.63) is 30.5 Å². The van der Waals surface area contributed by atoms with Crippen molar-refractivity contribution in [3.63, 3.8) is 0 Å². The summed E-state index contributed by atoms with van der Waals surface area (Å²) in [6.45, 7) is 1.71. The van der Waals surface area contributed by atoms with Gasteiger partial charge in [0.1, 0.15) is 11.6 Å². The molecule has 1 aliphatic heterocycles. The molecule has 1 atom stereocenters. The number of anilines is 1. The third kappa shape index (κ3) is 2.91. The van der Waals surface area contributed by atoms with Crippen LogP contribution >= 0.6 is 0 Å². The van der Waals surface area contributed by atoms with Gasteiger partial charge in [-0.3, -0.25) is 4.79 Å². The minimum absolute atomic E-state index is 0.224. The van der Waals surface area contributed by atoms with Crippen molar-refractivity contribution >= 4 is 22.6 Å². The normalized spacial score (nSPS) is 18.3. The molecule has 0 saturated carbocycles. The first-order valence-electron chi connectivity index (χ1n) is 7.18. The Morgan fingerprint density at radius 3 is 3.05 bits per heavy atom. The second kappa shape index (κ2) is 5.60. The van der Waals surface area contributed by atoms with E-state index < -0.39 is 5.97 Å². The molecule has 0 spiro atoms. The summed E-state index contributed by atoms with van der Waals surface area (Å²) >= 11 is 0. The summed E-state index contributed by atoms with van der Waals surface area (Å²) in [6.07, 6.45) is 3.70. The van der Waals surface area contributed by atoms with E-state index in [0.717, 1.165) is 36.1 Å². The first kappa shape index (κ1) is 13.7. The molecule has 5 heteroatoms. The second-order valence-electron chi connectivity index (χ2n) is 5.57. The van der Waals surface area contributed by atoms with Gasteiger partial charge < -0.3 is 15.1 Å². The lowest BCUT2D eigenvalue weighted by Crippen LogP contribution is -2.21. The van der Waals surface area contributed by atoms with Crippen molar-refractivity contribution in [2.75, 3.05) is 18.0 Å². The van der Waals surface area contributed by atoms with Gasteiger partial charge in [-0.25, -0.2) is 4.98 Å². The van der Waals surface area contributed by atoms with Crippen molar-refractivity contribution in [3.8, 4) is 5.75 Å². The Morgan fingerprint density at radius 1 is 1.38 bits per heavy atom. The Balaban J connectivity index is 1.82. The number of hydrogen-bond acceptors (Lipinski definition) is 4. The van der Waals surface area contributed by atoms with Crippen LogP contribution in [-0.2, 0) is 4.79 Å². The Bertz CT molecular complexity index is 672. The molecule has 0 amide bonds. The highest BCUT2D eigenvalue weighted by molar-refractivity contribution is 5.93. The molecular weight excluding hydrogens is 268 g/mol. The van der Waals surface area contributed by atoms with E-state index in [2.05, 4.69) is 9.88 Å². The maximum atomic E-state index is 10.7. The number of fused-ring (bicyclic) bond motifs is 1. The average molecular weight is 286 g/mol. The van der Waals surface area contributed by atoms with Gasteiger partial charge >= 0.3 is 5.97 Å². The summed E-state index contributed by atoms with van der Waals surface area (Å²) in [5, 5.41) is 20.4. The molecule has 21 heavy (non-hydrogen) atoms. The van der Waals surface area contributed by atoms with Crippen LogP contribution in [0, 0.1) is 5.92 Å². The maximum absolute atomic E-state index is 10.7. The van der Waals surface area contributed by atoms with Crippen LogP contribution < -0.4 is 4.90 Å². The fourth-order valence-corrected chi connectivity index (χ4v) is 2.98. The number of benzene rings is 1. The van der Waals surface area contributed by atoms with Gasteiger partial charge in [0, 0.05) is 31.1 Å². The predicted octanol–water partition coefficient (Wildman–Crippen LogP) is 2.63. The number of rotatable bonds is 4. The molecule has 1 fully saturated rings. The number of hydrogen-bond donors (Lipinski definition) is 2. The number of phenolic OH excluding ortho intramolecular Hbond substituents is 1. The fourth-order valence-electron chi connectivity index (χ4n) is 2.98. The second-order valence-corrected chi connectivity index (χ2v) is 5.57. The van der Waals surface area contributed by atoms with E-state index in [0.29, 0.717) is 12.3 Å². The van der Waals surface area contributed by atoms with Crippen LogP contribution in [0.15, 0.2) is 30.5 Å². The number of nitrogens with zero attached hydrogens (tertiary/aromatic N) is 2. The molecule has 5 nitrogen and oxygen atoms in total. The first-order valence-corrected chi connectivity index (χ1v) is 7.18. The molecule has 2 N–H and O–H groups in total. The van der Waals surface area contributed by atoms with E-state index >= 15 is 0 Å². The molecule has 1 unspecified atom stereocenters. The van der Waals surface area contributed by atoms with E-state index in [9.17, 15) is 9.90 Å². The summed E-state index contributed by atoms with van der Waals surface area (Å²) in [5.74, 6) is 0.775. The molecule has 1 saturated heterocycles. The van der Waals surface area contributed by atoms with E-state index in [-0.39, 0.29) is 12.2 Å². The highest BCUT2D eigenvalue weighted by atomic mass is 16.4. The molecule has 0 radical (unpaired) electrons. The molecule has 110 valence electrons. The number of carboxylic acid groups (broad SMARTS) is 1. The quantitative estimate of drug-likeness (QED) is 0.904. The van der Waals surface area contributed by atoms with Crippen LogP contribution in [0.1, 0.15) is 19.3 Å². The zero-order valence-corrected chi connectivity index (χ0v) is 11.7. The van der Waals surface area contributed by atoms with E-state index in [1.165, 1.54) is 0 Å². The average Bonchev–Trinajstić information content (AvgIpc) is 2.93. The molecule has 3 rings (SSSR count). The Morgan fingerprint density at radius 2 is 2.24 bits per heavy atom. The number of phenols is 1. The van der Waals surface area contributed by atoms with Gasteiger partial charge in [-0.15, -0.1) is 0 Å². The van der Waals surface area contributed by atoms with Crippen LogP contribution in [0.2, 0.25) is 0 Å². The largest absolute Gasteiger partial charge is 0.508 e. The van der Waals surface area contributed by atoms with Crippen molar-refractivity contribution in [1.29, 1.82) is 0 Å². The standard InChI is InChI=1S/C16H18N2O3/c19-13-3-2-12-5-7-17-16(14(12)9-13)18-8-6-11(10-18)1-4-15(20)21/h2-3,5,7,9,11,19H,1,4,6,8,10H2,(H,20,21). The monoisotopic (exact) mass is 286 g/mol. The molecule has 1 aromatic heterocycles. The lowest BCUT2D eigenvalue weighted by atomic mass is 10.0. The van der Waals surface area contributed by atoms with Crippen molar-refractivity contribution in [1.82, 2.24) is 4.98 Å². The summed E-state index contributed by atoms with van der Waals surface area (Å²) in [4.78, 5) is 17.3. The van der Waals surface area contributed by atoms with Gasteiger partial charge in [-0.1, -0.05) is 6.07 Å². The first-order chi connectivity index (χ1) is 10.1. The predicted molar refractivity (Wildman–Crippen MR) is 80.6 cm³/mol. The molecular formula is C16H18N2O3. The Labute approximate surface area is 122 Å². The highest BCUT2D eigenvalue weighted by Gasteiger charge is 2.25. The summed E-state index contributed by atoms with van der Waals surface area (Å²) in [7, 11) is 0. The molecule has 2 heterocycles. The number of pyridine rings is 1. The number of aromatic nitrogens is 1. The summed E-state index contributed by atoms with van der Waals surface area (Å²) < 4.78 is 0. The zero-order valence-electron chi connectivity index (χ0n) is 11.7. The minimum atomic E-state index is -0.735. The molecule has 2 aromatic rings. The van der Waals surface area contributed by atoms with Gasteiger partial charge in [0.25, 0.3) is 0 Å². The fraction of sp³-hybridized carbons (Fsp3) is 0.375. The Hall–Kier alpha value is -2.30. The van der Waals surface area contributed by atoms with Crippen LogP contribution in [0.3, 0.4) is 0 Å².